The summed E-state index contributed by atoms with van der Waals surface area (Å²) in [6.07, 6.45) is 1.83. The number of thioether (sulfide) groups is 1. The number of hydrogen-bond acceptors (Lipinski definition) is 3. The molecule has 0 atom stereocenters. The maximum Gasteiger partial charge on any atom is 0.135 e. The molecule has 0 amide bonds. The average molecular weight is 171 g/mol. The molecule has 0 aliphatic heterocycles. The third-order valence-corrected chi connectivity index (χ3v) is 2.36. The van der Waals surface area contributed by atoms with E-state index >= 15 is 0 Å². The van der Waals surface area contributed by atoms with Crippen LogP contribution in [0.1, 0.15) is 13.8 Å². The number of hydrogen-bond donors (Lipinski definition) is 1. The normalized spacial score (nSPS) is 10.4. The molecule has 0 aromatic carbocycles. The zero-order chi connectivity index (χ0) is 8.27. The highest BCUT2D eigenvalue weighted by Crippen LogP contribution is 2.23. The van der Waals surface area contributed by atoms with Crippen molar-refractivity contribution < 1.29 is 0 Å². The molecule has 4 heteroatoms. The lowest BCUT2D eigenvalue weighted by Crippen LogP contribution is -2.01. The maximum absolute atomic E-state index is 5.78. The molecule has 0 fully saturated rings. The monoisotopic (exact) mass is 171 g/mol. The summed E-state index contributed by atoms with van der Waals surface area (Å²) < 4.78 is 1.80. The van der Waals surface area contributed by atoms with E-state index in [1.807, 2.05) is 13.1 Å². The van der Waals surface area contributed by atoms with E-state index in [2.05, 4.69) is 12.0 Å². The van der Waals surface area contributed by atoms with Crippen LogP contribution in [0.2, 0.25) is 0 Å². The summed E-state index contributed by atoms with van der Waals surface area (Å²) in [5.41, 5.74) is 5.78. The number of nitrogens with zero attached hydrogens (tertiary/aromatic N) is 2. The van der Waals surface area contributed by atoms with Crippen molar-refractivity contribution in [1.29, 1.82) is 0 Å². The minimum absolute atomic E-state index is 0.791. The minimum atomic E-state index is 0.791. The third-order valence-electron chi connectivity index (χ3n) is 1.44. The Bertz CT molecular complexity index is 232. The molecule has 0 radical (unpaired) electrons. The van der Waals surface area contributed by atoms with Gasteiger partial charge < -0.3 is 5.73 Å². The summed E-state index contributed by atoms with van der Waals surface area (Å²) in [7, 11) is 0. The van der Waals surface area contributed by atoms with Crippen LogP contribution in [-0.2, 0) is 6.54 Å². The van der Waals surface area contributed by atoms with Crippen molar-refractivity contribution in [1.82, 2.24) is 9.78 Å². The summed E-state index contributed by atoms with van der Waals surface area (Å²) in [4.78, 5) is 1.09. The molecule has 3 nitrogen and oxygen atoms in total. The van der Waals surface area contributed by atoms with Crippen LogP contribution in [0.15, 0.2) is 11.1 Å². The van der Waals surface area contributed by atoms with Crippen LogP contribution in [0, 0.1) is 0 Å². The van der Waals surface area contributed by atoms with Gasteiger partial charge in [0.1, 0.15) is 5.82 Å². The van der Waals surface area contributed by atoms with Crippen molar-refractivity contribution in [2.75, 3.05) is 11.5 Å². The third kappa shape index (κ3) is 1.68. The van der Waals surface area contributed by atoms with Gasteiger partial charge in [-0.2, -0.15) is 5.10 Å². The van der Waals surface area contributed by atoms with E-state index in [4.69, 9.17) is 5.73 Å². The largest absolute Gasteiger partial charge is 0.383 e. The predicted molar refractivity (Wildman–Crippen MR) is 48.7 cm³/mol. The zero-order valence-electron chi connectivity index (χ0n) is 6.87. The lowest BCUT2D eigenvalue weighted by atomic mass is 10.6. The van der Waals surface area contributed by atoms with Crippen LogP contribution in [-0.4, -0.2) is 15.5 Å². The Labute approximate surface area is 71.0 Å². The zero-order valence-corrected chi connectivity index (χ0v) is 7.69. The lowest BCUT2D eigenvalue weighted by molar-refractivity contribution is 0.669. The van der Waals surface area contributed by atoms with Crippen molar-refractivity contribution >= 4 is 17.6 Å². The topological polar surface area (TPSA) is 43.8 Å². The highest BCUT2D eigenvalue weighted by atomic mass is 32.2. The molecule has 0 aliphatic rings. The quantitative estimate of drug-likeness (QED) is 0.702. The van der Waals surface area contributed by atoms with Gasteiger partial charge >= 0.3 is 0 Å². The molecule has 0 bridgehead atoms. The standard InChI is InChI=1S/C7H13N3S/c1-3-10-7(8)6(5-9-10)11-4-2/h5H,3-4,8H2,1-2H3. The van der Waals surface area contributed by atoms with E-state index in [0.29, 0.717) is 0 Å². The molecule has 0 unspecified atom stereocenters. The molecule has 1 rings (SSSR count). The van der Waals surface area contributed by atoms with Crippen molar-refractivity contribution in [2.24, 2.45) is 0 Å². The van der Waals surface area contributed by atoms with Gasteiger partial charge in [-0.25, -0.2) is 4.68 Å². The van der Waals surface area contributed by atoms with Gasteiger partial charge in [0.25, 0.3) is 0 Å². The Morgan fingerprint density at radius 2 is 2.36 bits per heavy atom. The molecular weight excluding hydrogens is 158 g/mol. The second kappa shape index (κ2) is 3.67. The molecule has 0 saturated carbocycles. The molecule has 1 aromatic heterocycles. The summed E-state index contributed by atoms with van der Waals surface area (Å²) in [6.45, 7) is 4.98. The van der Waals surface area contributed by atoms with Crippen LogP contribution < -0.4 is 5.73 Å². The predicted octanol–water partition coefficient (Wildman–Crippen LogP) is 1.60. The number of aryl methyl sites for hydroxylation is 1. The molecule has 0 saturated heterocycles. The molecule has 62 valence electrons. The smallest absolute Gasteiger partial charge is 0.135 e. The van der Waals surface area contributed by atoms with Crippen LogP contribution in [0.25, 0.3) is 0 Å². The Kier molecular flexibility index (Phi) is 2.82. The molecule has 11 heavy (non-hydrogen) atoms. The van der Waals surface area contributed by atoms with Crippen LogP contribution >= 0.6 is 11.8 Å². The first-order valence-corrected chi connectivity index (χ1v) is 4.72. The molecule has 0 spiro atoms. The number of rotatable bonds is 3. The first-order valence-electron chi connectivity index (χ1n) is 3.73. The van der Waals surface area contributed by atoms with Gasteiger partial charge in [-0.15, -0.1) is 11.8 Å². The van der Waals surface area contributed by atoms with E-state index in [9.17, 15) is 0 Å². The van der Waals surface area contributed by atoms with Crippen molar-refractivity contribution in [3.05, 3.63) is 6.20 Å². The molecule has 0 aliphatic carbocycles. The van der Waals surface area contributed by atoms with E-state index in [-0.39, 0.29) is 0 Å². The molecule has 1 heterocycles. The first-order chi connectivity index (χ1) is 5.29. The van der Waals surface area contributed by atoms with E-state index in [1.165, 1.54) is 0 Å². The second-order valence-corrected chi connectivity index (χ2v) is 3.45. The van der Waals surface area contributed by atoms with Crippen LogP contribution in [0.3, 0.4) is 0 Å². The van der Waals surface area contributed by atoms with Crippen LogP contribution in [0.4, 0.5) is 5.82 Å². The summed E-state index contributed by atoms with van der Waals surface area (Å²) >= 11 is 1.73. The minimum Gasteiger partial charge on any atom is -0.383 e. The van der Waals surface area contributed by atoms with E-state index in [1.54, 1.807) is 16.4 Å². The highest BCUT2D eigenvalue weighted by Gasteiger charge is 2.04. The van der Waals surface area contributed by atoms with E-state index in [0.717, 1.165) is 23.0 Å². The molecular formula is C7H13N3S. The summed E-state index contributed by atoms with van der Waals surface area (Å²) in [5, 5.41) is 4.12. The lowest BCUT2D eigenvalue weighted by Gasteiger charge is -1.99. The number of aromatic nitrogens is 2. The van der Waals surface area contributed by atoms with Gasteiger partial charge in [0, 0.05) is 6.54 Å². The summed E-state index contributed by atoms with van der Waals surface area (Å²) in [5.74, 6) is 1.83. The van der Waals surface area contributed by atoms with E-state index < -0.39 is 0 Å². The Morgan fingerprint density at radius 1 is 1.64 bits per heavy atom. The summed E-state index contributed by atoms with van der Waals surface area (Å²) in [6, 6.07) is 0. The van der Waals surface area contributed by atoms with Gasteiger partial charge in [0.2, 0.25) is 0 Å². The van der Waals surface area contributed by atoms with Crippen LogP contribution in [0.5, 0.6) is 0 Å². The van der Waals surface area contributed by atoms with Crippen molar-refractivity contribution in [3.8, 4) is 0 Å². The average Bonchev–Trinajstić information content (AvgIpc) is 2.34. The fourth-order valence-corrected chi connectivity index (χ4v) is 1.58. The van der Waals surface area contributed by atoms with Crippen molar-refractivity contribution in [2.45, 2.75) is 25.3 Å². The maximum atomic E-state index is 5.78. The Balaban J connectivity index is 2.82. The fourth-order valence-electron chi connectivity index (χ4n) is 0.896. The fraction of sp³-hybridized carbons (Fsp3) is 0.571. The van der Waals surface area contributed by atoms with Crippen molar-refractivity contribution in [3.63, 3.8) is 0 Å². The molecule has 1 aromatic rings. The van der Waals surface area contributed by atoms with Gasteiger partial charge in [0.15, 0.2) is 0 Å². The highest BCUT2D eigenvalue weighted by molar-refractivity contribution is 7.99. The molecule has 2 N–H and O–H groups in total. The SMILES string of the molecule is CCSc1cnn(CC)c1N. The number of nitrogens with two attached hydrogens (primary N) is 1. The first kappa shape index (κ1) is 8.46. The van der Waals surface area contributed by atoms with Gasteiger partial charge in [-0.05, 0) is 12.7 Å². The number of nitrogen functional groups attached to an aromatic ring is 1. The van der Waals surface area contributed by atoms with Gasteiger partial charge in [0.05, 0.1) is 11.1 Å². The number of anilines is 1. The Morgan fingerprint density at radius 3 is 2.82 bits per heavy atom. The van der Waals surface area contributed by atoms with Gasteiger partial charge in [-0.3, -0.25) is 0 Å². The van der Waals surface area contributed by atoms with Gasteiger partial charge in [-0.1, -0.05) is 6.92 Å². The Hall–Kier alpha value is -0.640. The second-order valence-electron chi connectivity index (χ2n) is 2.14.